The van der Waals surface area contributed by atoms with Crippen molar-refractivity contribution in [1.29, 1.82) is 0 Å². The number of hydrogen-bond donors (Lipinski definition) is 5. The van der Waals surface area contributed by atoms with E-state index in [-0.39, 0.29) is 13.2 Å². The number of aliphatic hydroxyl groups excluding tert-OH is 2. The quantitative estimate of drug-likeness (QED) is 0.118. The van der Waals surface area contributed by atoms with E-state index in [2.05, 4.69) is 88.5 Å². The van der Waals surface area contributed by atoms with Gasteiger partial charge in [-0.15, -0.1) is 5.10 Å². The lowest BCUT2D eigenvalue weighted by molar-refractivity contribution is 0.291. The molecule has 0 aliphatic carbocycles. The molecular formula is C34H37N5O3. The Bertz CT molecular complexity index is 1610. The van der Waals surface area contributed by atoms with Crippen LogP contribution in [0.5, 0.6) is 0 Å². The van der Waals surface area contributed by atoms with Gasteiger partial charge in [0.15, 0.2) is 0 Å². The van der Waals surface area contributed by atoms with Gasteiger partial charge in [0.05, 0.1) is 13.2 Å². The summed E-state index contributed by atoms with van der Waals surface area (Å²) in [7, 11) is 0. The molecule has 0 aliphatic heterocycles. The highest BCUT2D eigenvalue weighted by molar-refractivity contribution is 5.82. The number of aromatic nitrogens is 2. The number of nitrogens with one attached hydrogen (secondary N) is 3. The minimum absolute atomic E-state index is 0.105. The van der Waals surface area contributed by atoms with E-state index < -0.39 is 0 Å². The number of nitrogens with zero attached hydrogens (tertiary/aromatic N) is 2. The van der Waals surface area contributed by atoms with Crippen molar-refractivity contribution in [2.75, 3.05) is 31.6 Å². The van der Waals surface area contributed by atoms with Gasteiger partial charge in [-0.1, -0.05) is 71.8 Å². The molecule has 0 spiro atoms. The first-order chi connectivity index (χ1) is 20.6. The summed E-state index contributed by atoms with van der Waals surface area (Å²) in [5.41, 5.74) is 10.9. The van der Waals surface area contributed by atoms with Crippen LogP contribution in [0.25, 0.3) is 33.7 Å². The van der Waals surface area contributed by atoms with E-state index in [1.807, 2.05) is 36.4 Å². The molecule has 42 heavy (non-hydrogen) atoms. The van der Waals surface area contributed by atoms with Crippen molar-refractivity contribution >= 4 is 11.7 Å². The highest BCUT2D eigenvalue weighted by atomic mass is 16.4. The van der Waals surface area contributed by atoms with Gasteiger partial charge in [-0.3, -0.25) is 0 Å². The van der Waals surface area contributed by atoms with Crippen LogP contribution in [0.15, 0.2) is 89.3 Å². The van der Waals surface area contributed by atoms with Gasteiger partial charge in [0.1, 0.15) is 0 Å². The molecule has 5 N–H and O–H groups in total. The molecule has 0 fully saturated rings. The SMILES string of the molecule is Cc1c(-c2ccc(CNCCO)cc2)cccc1-c1cccc(-c2nnc(Nc3cccc(CNCCO)c3)o2)c1C. The fourth-order valence-corrected chi connectivity index (χ4v) is 5.09. The Balaban J connectivity index is 1.36. The van der Waals surface area contributed by atoms with Crippen LogP contribution >= 0.6 is 0 Å². The fraction of sp³-hybridized carbons (Fsp3) is 0.235. The first-order valence-electron chi connectivity index (χ1n) is 14.2. The van der Waals surface area contributed by atoms with Crippen LogP contribution in [0.1, 0.15) is 22.3 Å². The third-order valence-corrected chi connectivity index (χ3v) is 7.29. The fourth-order valence-electron chi connectivity index (χ4n) is 5.09. The topological polar surface area (TPSA) is 115 Å². The Hall–Kier alpha value is -4.34. The molecule has 1 aromatic heterocycles. The van der Waals surface area contributed by atoms with Crippen molar-refractivity contribution < 1.29 is 14.6 Å². The summed E-state index contributed by atoms with van der Waals surface area (Å²) in [6, 6.07) is 29.4. The van der Waals surface area contributed by atoms with Gasteiger partial charge in [-0.25, -0.2) is 0 Å². The zero-order valence-corrected chi connectivity index (χ0v) is 24.0. The molecule has 5 rings (SSSR count). The smallest absolute Gasteiger partial charge is 0.320 e. The van der Waals surface area contributed by atoms with E-state index in [1.165, 1.54) is 16.7 Å². The Morgan fingerprint density at radius 3 is 1.93 bits per heavy atom. The monoisotopic (exact) mass is 563 g/mol. The van der Waals surface area contributed by atoms with Crippen LogP contribution in [-0.2, 0) is 13.1 Å². The minimum Gasteiger partial charge on any atom is -0.403 e. The Morgan fingerprint density at radius 1 is 0.643 bits per heavy atom. The molecule has 0 aliphatic rings. The van der Waals surface area contributed by atoms with Crippen LogP contribution in [0, 0.1) is 13.8 Å². The molecule has 0 unspecified atom stereocenters. The average Bonchev–Trinajstić information content (AvgIpc) is 3.47. The molecule has 216 valence electrons. The van der Waals surface area contributed by atoms with Crippen LogP contribution in [0.3, 0.4) is 0 Å². The van der Waals surface area contributed by atoms with Crippen LogP contribution < -0.4 is 16.0 Å². The summed E-state index contributed by atoms with van der Waals surface area (Å²) >= 11 is 0. The van der Waals surface area contributed by atoms with Crippen LogP contribution in [-0.4, -0.2) is 46.7 Å². The molecular weight excluding hydrogens is 526 g/mol. The molecule has 0 radical (unpaired) electrons. The van der Waals surface area contributed by atoms with Gasteiger partial charge in [-0.05, 0) is 76.6 Å². The lowest BCUT2D eigenvalue weighted by atomic mass is 9.89. The van der Waals surface area contributed by atoms with Crippen molar-refractivity contribution in [2.24, 2.45) is 0 Å². The summed E-state index contributed by atoms with van der Waals surface area (Å²) in [5.74, 6) is 0.455. The molecule has 0 amide bonds. The summed E-state index contributed by atoms with van der Waals surface area (Å²) in [4.78, 5) is 0. The van der Waals surface area contributed by atoms with E-state index in [9.17, 15) is 0 Å². The standard InChI is InChI=1S/C34H37N5O3/c1-23-29(27-14-12-25(13-15-27)21-35-16-18-40)8-4-9-30(23)31-10-5-11-32(24(31)2)33-38-39-34(42-33)37-28-7-3-6-26(20-28)22-36-17-19-41/h3-15,20,35-36,40-41H,16-19,21-22H2,1-2H3,(H,37,39). The zero-order chi connectivity index (χ0) is 29.3. The van der Waals surface area contributed by atoms with Gasteiger partial charge < -0.3 is 30.6 Å². The highest BCUT2D eigenvalue weighted by Crippen LogP contribution is 2.37. The molecule has 5 aromatic rings. The van der Waals surface area contributed by atoms with Crippen molar-refractivity contribution in [3.63, 3.8) is 0 Å². The summed E-state index contributed by atoms with van der Waals surface area (Å²) in [6.45, 7) is 7.01. The van der Waals surface area contributed by atoms with Crippen LogP contribution in [0.4, 0.5) is 11.7 Å². The first kappa shape index (κ1) is 29.2. The second-order valence-corrected chi connectivity index (χ2v) is 10.2. The van der Waals surface area contributed by atoms with E-state index in [0.29, 0.717) is 31.5 Å². The number of anilines is 2. The van der Waals surface area contributed by atoms with Gasteiger partial charge in [0.2, 0.25) is 5.89 Å². The largest absolute Gasteiger partial charge is 0.403 e. The molecule has 8 heteroatoms. The Kier molecular flexibility index (Phi) is 9.74. The van der Waals surface area contributed by atoms with Crippen LogP contribution in [0.2, 0.25) is 0 Å². The van der Waals surface area contributed by atoms with E-state index >= 15 is 0 Å². The molecule has 0 saturated carbocycles. The maximum Gasteiger partial charge on any atom is 0.320 e. The maximum absolute atomic E-state index is 9.00. The summed E-state index contributed by atoms with van der Waals surface area (Å²) < 4.78 is 6.05. The summed E-state index contributed by atoms with van der Waals surface area (Å²) in [6.07, 6.45) is 0. The minimum atomic E-state index is 0.105. The van der Waals surface area contributed by atoms with E-state index in [1.54, 1.807) is 0 Å². The molecule has 4 aromatic carbocycles. The Morgan fingerprint density at radius 2 is 1.24 bits per heavy atom. The predicted octanol–water partition coefficient (Wildman–Crippen LogP) is 5.59. The van der Waals surface area contributed by atoms with E-state index in [4.69, 9.17) is 14.6 Å². The molecule has 1 heterocycles. The molecule has 0 saturated heterocycles. The highest BCUT2D eigenvalue weighted by Gasteiger charge is 2.16. The second-order valence-electron chi connectivity index (χ2n) is 10.2. The number of rotatable bonds is 13. The zero-order valence-electron chi connectivity index (χ0n) is 24.0. The lowest BCUT2D eigenvalue weighted by Crippen LogP contribution is -2.17. The number of benzene rings is 4. The second kappa shape index (κ2) is 14.0. The van der Waals surface area contributed by atoms with Crippen molar-refractivity contribution in [3.05, 3.63) is 107 Å². The molecule has 0 bridgehead atoms. The van der Waals surface area contributed by atoms with Gasteiger partial charge in [-0.2, -0.15) is 0 Å². The molecule has 8 nitrogen and oxygen atoms in total. The van der Waals surface area contributed by atoms with Crippen molar-refractivity contribution in [1.82, 2.24) is 20.8 Å². The third kappa shape index (κ3) is 6.92. The van der Waals surface area contributed by atoms with Crippen molar-refractivity contribution in [3.8, 4) is 33.7 Å². The van der Waals surface area contributed by atoms with Crippen molar-refractivity contribution in [2.45, 2.75) is 26.9 Å². The van der Waals surface area contributed by atoms with Gasteiger partial charge >= 0.3 is 6.01 Å². The summed E-state index contributed by atoms with van der Waals surface area (Å²) in [5, 5.41) is 36.2. The lowest BCUT2D eigenvalue weighted by Gasteiger charge is -2.15. The molecule has 0 atom stereocenters. The average molecular weight is 564 g/mol. The Labute approximate surface area is 246 Å². The number of aliphatic hydroxyl groups is 2. The van der Waals surface area contributed by atoms with E-state index in [0.717, 1.165) is 45.6 Å². The number of hydrogen-bond acceptors (Lipinski definition) is 8. The van der Waals surface area contributed by atoms with Gasteiger partial charge in [0.25, 0.3) is 0 Å². The predicted molar refractivity (Wildman–Crippen MR) is 167 cm³/mol. The normalized spacial score (nSPS) is 11.1. The third-order valence-electron chi connectivity index (χ3n) is 7.29. The maximum atomic E-state index is 9.00. The van der Waals surface area contributed by atoms with Gasteiger partial charge in [0, 0.05) is 37.4 Å². The first-order valence-corrected chi connectivity index (χ1v) is 14.2.